The van der Waals surface area contributed by atoms with Crippen LogP contribution in [0.5, 0.6) is 0 Å². The zero-order chi connectivity index (χ0) is 13.8. The highest BCUT2D eigenvalue weighted by molar-refractivity contribution is 7.89. The predicted molar refractivity (Wildman–Crippen MR) is 71.7 cm³/mol. The smallest absolute Gasteiger partial charge is 0.237 e. The molecule has 1 aromatic rings. The van der Waals surface area contributed by atoms with Crippen LogP contribution in [0.3, 0.4) is 0 Å². The first-order valence-electron chi connectivity index (χ1n) is 5.84. The van der Waals surface area contributed by atoms with Crippen molar-refractivity contribution in [1.29, 1.82) is 0 Å². The number of hydrogen-bond donors (Lipinski definition) is 1. The van der Waals surface area contributed by atoms with Crippen LogP contribution in [0.2, 0.25) is 0 Å². The molecule has 0 bridgehead atoms. The van der Waals surface area contributed by atoms with E-state index < -0.39 is 15.9 Å². The summed E-state index contributed by atoms with van der Waals surface area (Å²) in [5.74, 6) is 0.0819. The molecular weight excluding hydrogens is 250 g/mol. The summed E-state index contributed by atoms with van der Waals surface area (Å²) >= 11 is 0. The summed E-state index contributed by atoms with van der Waals surface area (Å²) in [6, 6.07) is 7.67. The van der Waals surface area contributed by atoms with E-state index in [2.05, 4.69) is 13.8 Å². The second-order valence-electron chi connectivity index (χ2n) is 4.89. The highest BCUT2D eigenvalue weighted by Crippen LogP contribution is 2.10. The molecule has 0 spiro atoms. The summed E-state index contributed by atoms with van der Waals surface area (Å²) in [6.07, 6.45) is 2.04. The van der Waals surface area contributed by atoms with E-state index in [0.29, 0.717) is 5.92 Å². The van der Waals surface area contributed by atoms with Crippen LogP contribution >= 0.6 is 0 Å². The van der Waals surface area contributed by atoms with Crippen molar-refractivity contribution in [3.05, 3.63) is 35.4 Å². The quantitative estimate of drug-likeness (QED) is 0.881. The molecule has 0 radical (unpaired) electrons. The molecule has 0 aliphatic heterocycles. The highest BCUT2D eigenvalue weighted by atomic mass is 32.2. The van der Waals surface area contributed by atoms with Crippen LogP contribution in [0, 0.1) is 5.92 Å². The second kappa shape index (κ2) is 6.00. The summed E-state index contributed by atoms with van der Waals surface area (Å²) in [4.78, 5) is 11.4. The monoisotopic (exact) mass is 269 g/mol. The molecule has 0 aromatic heterocycles. The molecule has 5 heteroatoms. The number of rotatable bonds is 5. The molecule has 0 aliphatic carbocycles. The number of sulfonamides is 1. The van der Waals surface area contributed by atoms with E-state index in [0.717, 1.165) is 18.2 Å². The zero-order valence-corrected chi connectivity index (χ0v) is 11.8. The maximum absolute atomic E-state index is 11.4. The first-order chi connectivity index (χ1) is 8.26. The largest absolute Gasteiger partial charge is 0.274 e. The summed E-state index contributed by atoms with van der Waals surface area (Å²) in [5, 5.41) is 0. The Labute approximate surface area is 108 Å². The predicted octanol–water partition coefficient (Wildman–Crippen LogP) is 1.50. The minimum atomic E-state index is -3.47. The number of benzene rings is 1. The van der Waals surface area contributed by atoms with Gasteiger partial charge in [0, 0.05) is 0 Å². The molecule has 0 unspecified atom stereocenters. The summed E-state index contributed by atoms with van der Waals surface area (Å²) in [5.41, 5.74) is 2.03. The third kappa shape index (κ3) is 5.82. The molecule has 0 atom stereocenters. The Morgan fingerprint density at radius 2 is 1.67 bits per heavy atom. The average molecular weight is 269 g/mol. The second-order valence-corrected chi connectivity index (χ2v) is 6.64. The summed E-state index contributed by atoms with van der Waals surface area (Å²) in [6.45, 7) is 4.29. The van der Waals surface area contributed by atoms with Crippen molar-refractivity contribution in [1.82, 2.24) is 4.72 Å². The van der Waals surface area contributed by atoms with E-state index in [9.17, 15) is 13.2 Å². The first kappa shape index (κ1) is 14.7. The van der Waals surface area contributed by atoms with Crippen LogP contribution < -0.4 is 4.72 Å². The van der Waals surface area contributed by atoms with Gasteiger partial charge in [-0.25, -0.2) is 8.42 Å². The Kier molecular flexibility index (Phi) is 4.90. The van der Waals surface area contributed by atoms with Gasteiger partial charge in [-0.1, -0.05) is 38.1 Å². The lowest BCUT2D eigenvalue weighted by Gasteiger charge is -2.06. The molecule has 4 nitrogen and oxygen atoms in total. The van der Waals surface area contributed by atoms with Crippen molar-refractivity contribution in [3.8, 4) is 0 Å². The molecule has 0 fully saturated rings. The Morgan fingerprint density at radius 3 is 2.11 bits per heavy atom. The van der Waals surface area contributed by atoms with Crippen LogP contribution in [0.1, 0.15) is 25.0 Å². The van der Waals surface area contributed by atoms with Crippen molar-refractivity contribution in [2.75, 3.05) is 6.26 Å². The molecule has 0 saturated carbocycles. The van der Waals surface area contributed by atoms with E-state index in [-0.39, 0.29) is 6.42 Å². The third-order valence-electron chi connectivity index (χ3n) is 2.33. The maximum atomic E-state index is 11.4. The fourth-order valence-electron chi connectivity index (χ4n) is 1.69. The van der Waals surface area contributed by atoms with Gasteiger partial charge in [-0.15, -0.1) is 0 Å². The van der Waals surface area contributed by atoms with E-state index in [4.69, 9.17) is 0 Å². The number of nitrogens with one attached hydrogen (secondary N) is 1. The van der Waals surface area contributed by atoms with Gasteiger partial charge in [-0.05, 0) is 23.5 Å². The van der Waals surface area contributed by atoms with Gasteiger partial charge >= 0.3 is 0 Å². The van der Waals surface area contributed by atoms with Gasteiger partial charge < -0.3 is 0 Å². The van der Waals surface area contributed by atoms with E-state index >= 15 is 0 Å². The van der Waals surface area contributed by atoms with Crippen LogP contribution in [-0.4, -0.2) is 20.6 Å². The van der Waals surface area contributed by atoms with Gasteiger partial charge in [0.25, 0.3) is 0 Å². The minimum Gasteiger partial charge on any atom is -0.274 e. The van der Waals surface area contributed by atoms with Gasteiger partial charge in [0.2, 0.25) is 15.9 Å². The zero-order valence-electron chi connectivity index (χ0n) is 10.9. The Morgan fingerprint density at radius 1 is 1.17 bits per heavy atom. The number of carbonyl (C=O) groups is 1. The van der Waals surface area contributed by atoms with E-state index in [1.54, 1.807) is 0 Å². The van der Waals surface area contributed by atoms with E-state index in [1.807, 2.05) is 29.0 Å². The SMILES string of the molecule is CC(C)Cc1ccc(CC(=O)NS(C)(=O)=O)cc1. The third-order valence-corrected chi connectivity index (χ3v) is 2.93. The molecule has 0 saturated heterocycles. The first-order valence-corrected chi connectivity index (χ1v) is 7.74. The van der Waals surface area contributed by atoms with Crippen LogP contribution in [-0.2, 0) is 27.7 Å². The van der Waals surface area contributed by atoms with Gasteiger partial charge in [-0.3, -0.25) is 9.52 Å². The minimum absolute atomic E-state index is 0.0784. The molecule has 0 heterocycles. The molecule has 1 amide bonds. The van der Waals surface area contributed by atoms with Crippen LogP contribution in [0.25, 0.3) is 0 Å². The molecule has 1 aromatic carbocycles. The average Bonchev–Trinajstić information content (AvgIpc) is 2.17. The fraction of sp³-hybridized carbons (Fsp3) is 0.462. The number of carbonyl (C=O) groups excluding carboxylic acids is 1. The maximum Gasteiger partial charge on any atom is 0.237 e. The molecule has 0 aliphatic rings. The molecular formula is C13H19NO3S. The summed E-state index contributed by atoms with van der Waals surface area (Å²) in [7, 11) is -3.47. The normalized spacial score (nSPS) is 11.6. The van der Waals surface area contributed by atoms with Crippen molar-refractivity contribution < 1.29 is 13.2 Å². The summed E-state index contributed by atoms with van der Waals surface area (Å²) < 4.78 is 23.7. The lowest BCUT2D eigenvalue weighted by atomic mass is 10.0. The van der Waals surface area contributed by atoms with Crippen molar-refractivity contribution in [3.63, 3.8) is 0 Å². The standard InChI is InChI=1S/C13H19NO3S/c1-10(2)8-11-4-6-12(7-5-11)9-13(15)14-18(3,16)17/h4-7,10H,8-9H2,1-3H3,(H,14,15). The lowest BCUT2D eigenvalue weighted by molar-refractivity contribution is -0.118. The van der Waals surface area contributed by atoms with Crippen LogP contribution in [0.15, 0.2) is 24.3 Å². The van der Waals surface area contributed by atoms with Crippen molar-refractivity contribution in [2.45, 2.75) is 26.7 Å². The molecule has 1 rings (SSSR count). The van der Waals surface area contributed by atoms with Crippen molar-refractivity contribution >= 4 is 15.9 Å². The molecule has 100 valence electrons. The number of hydrogen-bond acceptors (Lipinski definition) is 3. The van der Waals surface area contributed by atoms with Crippen molar-refractivity contribution in [2.24, 2.45) is 5.92 Å². The van der Waals surface area contributed by atoms with Gasteiger partial charge in [0.15, 0.2) is 0 Å². The van der Waals surface area contributed by atoms with E-state index in [1.165, 1.54) is 5.56 Å². The van der Waals surface area contributed by atoms with Gasteiger partial charge in [-0.2, -0.15) is 0 Å². The fourth-order valence-corrected chi connectivity index (χ4v) is 2.18. The Hall–Kier alpha value is -1.36. The molecule has 18 heavy (non-hydrogen) atoms. The van der Waals surface area contributed by atoms with Gasteiger partial charge in [0.1, 0.15) is 0 Å². The van der Waals surface area contributed by atoms with Gasteiger partial charge in [0.05, 0.1) is 12.7 Å². The topological polar surface area (TPSA) is 63.2 Å². The van der Waals surface area contributed by atoms with Crippen LogP contribution in [0.4, 0.5) is 0 Å². The Bertz CT molecular complexity index is 504. The highest BCUT2D eigenvalue weighted by Gasteiger charge is 2.09. The molecule has 1 N–H and O–H groups in total. The lowest BCUT2D eigenvalue weighted by Crippen LogP contribution is -2.30. The Balaban J connectivity index is 2.61. The number of amides is 1.